The lowest BCUT2D eigenvalue weighted by atomic mass is 10.1. The predicted molar refractivity (Wildman–Crippen MR) is 118 cm³/mol. The number of carbonyl (C=O) groups excluding carboxylic acids is 2. The Bertz CT molecular complexity index is 1150. The number of hydrogen-bond acceptors (Lipinski definition) is 9. The molecule has 11 nitrogen and oxygen atoms in total. The molecule has 0 N–H and O–H groups in total. The van der Waals surface area contributed by atoms with Gasteiger partial charge in [0.25, 0.3) is 5.91 Å². The number of carbonyl (C=O) groups is 2. The summed E-state index contributed by atoms with van der Waals surface area (Å²) in [5, 5.41) is 20.5. The zero-order valence-electron chi connectivity index (χ0n) is 18.3. The molecule has 34 heavy (non-hydrogen) atoms. The number of nitrogens with zero attached hydrogens (tertiary/aromatic N) is 3. The van der Waals surface area contributed by atoms with Crippen LogP contribution >= 0.6 is 0 Å². The molecule has 1 saturated heterocycles. The van der Waals surface area contributed by atoms with Crippen LogP contribution in [0.3, 0.4) is 0 Å². The number of esters is 1. The maximum absolute atomic E-state index is 12.6. The molecule has 0 aliphatic carbocycles. The van der Waals surface area contributed by atoms with Crippen LogP contribution in [0.25, 0.3) is 6.08 Å². The van der Waals surface area contributed by atoms with Gasteiger partial charge in [0.15, 0.2) is 23.9 Å². The van der Waals surface area contributed by atoms with Crippen LogP contribution in [0.5, 0.6) is 17.2 Å². The molecule has 2 aromatic carbocycles. The fraction of sp³-hybridized carbons (Fsp3) is 0.261. The molecule has 0 radical (unpaired) electrons. The minimum Gasteiger partial charge on any atom is -0.493 e. The van der Waals surface area contributed by atoms with E-state index in [-0.39, 0.29) is 28.5 Å². The van der Waals surface area contributed by atoms with Crippen molar-refractivity contribution in [3.8, 4) is 23.3 Å². The fourth-order valence-electron chi connectivity index (χ4n) is 3.12. The second-order valence-corrected chi connectivity index (χ2v) is 6.97. The maximum atomic E-state index is 12.6. The minimum absolute atomic E-state index is 0.0495. The molecule has 2 aromatic rings. The van der Waals surface area contributed by atoms with E-state index < -0.39 is 23.4 Å². The molecule has 0 spiro atoms. The van der Waals surface area contributed by atoms with Crippen LogP contribution in [0, 0.1) is 21.4 Å². The van der Waals surface area contributed by atoms with E-state index in [9.17, 15) is 25.0 Å². The van der Waals surface area contributed by atoms with Crippen molar-refractivity contribution in [3.05, 3.63) is 63.7 Å². The first-order chi connectivity index (χ1) is 16.4. The Labute approximate surface area is 194 Å². The number of methoxy groups -OCH3 is 1. The Kier molecular flexibility index (Phi) is 8.15. The zero-order valence-corrected chi connectivity index (χ0v) is 18.3. The number of nitriles is 1. The first-order valence-corrected chi connectivity index (χ1v) is 10.2. The molecule has 0 bridgehead atoms. The number of morpholine rings is 1. The standard InChI is InChI=1S/C23H21N3O8/c1-31-21-13-16(12-17(14-24)23(28)25-8-10-32-11-9-25)6-7-20(21)34-22(27)15-33-19-5-3-2-4-18(19)26(29)30/h2-7,12-13H,8-11,15H2,1H3/b17-12+. The van der Waals surface area contributed by atoms with Crippen molar-refractivity contribution in [1.82, 2.24) is 4.90 Å². The summed E-state index contributed by atoms with van der Waals surface area (Å²) in [7, 11) is 1.37. The third-order valence-corrected chi connectivity index (χ3v) is 4.78. The lowest BCUT2D eigenvalue weighted by molar-refractivity contribution is -0.385. The quantitative estimate of drug-likeness (QED) is 0.143. The highest BCUT2D eigenvalue weighted by molar-refractivity contribution is 6.01. The van der Waals surface area contributed by atoms with Gasteiger partial charge in [-0.05, 0) is 29.8 Å². The van der Waals surface area contributed by atoms with Gasteiger partial charge in [0, 0.05) is 19.2 Å². The van der Waals surface area contributed by atoms with E-state index in [2.05, 4.69) is 0 Å². The molecule has 1 amide bonds. The first kappa shape index (κ1) is 24.2. The van der Waals surface area contributed by atoms with Crippen molar-refractivity contribution in [2.24, 2.45) is 0 Å². The SMILES string of the molecule is COc1cc(/C=C(\C#N)C(=O)N2CCOCC2)ccc1OC(=O)COc1ccccc1[N+](=O)[O-]. The van der Waals surface area contributed by atoms with Gasteiger partial charge < -0.3 is 23.8 Å². The Morgan fingerprint density at radius 1 is 1.18 bits per heavy atom. The topological polar surface area (TPSA) is 141 Å². The number of hydrogen-bond donors (Lipinski definition) is 0. The van der Waals surface area contributed by atoms with Gasteiger partial charge in [-0.3, -0.25) is 14.9 Å². The van der Waals surface area contributed by atoms with Gasteiger partial charge in [-0.1, -0.05) is 18.2 Å². The number of ether oxygens (including phenoxy) is 4. The van der Waals surface area contributed by atoms with Gasteiger partial charge in [-0.15, -0.1) is 0 Å². The Morgan fingerprint density at radius 2 is 1.91 bits per heavy atom. The highest BCUT2D eigenvalue weighted by Gasteiger charge is 2.21. The number of nitro benzene ring substituents is 1. The third-order valence-electron chi connectivity index (χ3n) is 4.78. The summed E-state index contributed by atoms with van der Waals surface area (Å²) < 4.78 is 21.0. The molecular weight excluding hydrogens is 446 g/mol. The van der Waals surface area contributed by atoms with Gasteiger partial charge in [0.05, 0.1) is 25.2 Å². The number of amides is 1. The minimum atomic E-state index is -0.806. The molecule has 0 saturated carbocycles. The Hall–Kier alpha value is -4.43. The first-order valence-electron chi connectivity index (χ1n) is 10.2. The summed E-state index contributed by atoms with van der Waals surface area (Å²) in [6.07, 6.45) is 1.42. The average Bonchev–Trinajstić information content (AvgIpc) is 2.87. The molecular formula is C23H21N3O8. The third kappa shape index (κ3) is 6.08. The molecule has 1 heterocycles. The second-order valence-electron chi connectivity index (χ2n) is 6.97. The predicted octanol–water partition coefficient (Wildman–Crippen LogP) is 2.35. The summed E-state index contributed by atoms with van der Waals surface area (Å²) in [5.74, 6) is -1.00. The van der Waals surface area contributed by atoms with Crippen molar-refractivity contribution in [2.75, 3.05) is 40.0 Å². The van der Waals surface area contributed by atoms with Gasteiger partial charge in [-0.25, -0.2) is 4.79 Å². The second kappa shape index (κ2) is 11.4. The van der Waals surface area contributed by atoms with E-state index in [1.165, 1.54) is 43.5 Å². The number of benzene rings is 2. The molecule has 0 atom stereocenters. The van der Waals surface area contributed by atoms with Crippen LogP contribution in [0.15, 0.2) is 48.0 Å². The van der Waals surface area contributed by atoms with E-state index in [1.54, 1.807) is 17.0 Å². The molecule has 0 unspecified atom stereocenters. The largest absolute Gasteiger partial charge is 0.493 e. The van der Waals surface area contributed by atoms with Crippen LogP contribution in [-0.4, -0.2) is 61.7 Å². The number of rotatable bonds is 8. The fourth-order valence-corrected chi connectivity index (χ4v) is 3.12. The molecule has 3 rings (SSSR count). The summed E-state index contributed by atoms with van der Waals surface area (Å²) in [5.41, 5.74) is 0.168. The van der Waals surface area contributed by atoms with Crippen LogP contribution in [0.1, 0.15) is 5.56 Å². The van der Waals surface area contributed by atoms with Crippen molar-refractivity contribution in [3.63, 3.8) is 0 Å². The maximum Gasteiger partial charge on any atom is 0.349 e. The Balaban J connectivity index is 1.69. The summed E-state index contributed by atoms with van der Waals surface area (Å²) >= 11 is 0. The lowest BCUT2D eigenvalue weighted by Gasteiger charge is -2.26. The van der Waals surface area contributed by atoms with Crippen molar-refractivity contribution >= 4 is 23.6 Å². The molecule has 0 aromatic heterocycles. The van der Waals surface area contributed by atoms with Crippen LogP contribution < -0.4 is 14.2 Å². The van der Waals surface area contributed by atoms with Crippen molar-refractivity contribution in [1.29, 1.82) is 5.26 Å². The molecule has 1 aliphatic heterocycles. The molecule has 1 fully saturated rings. The van der Waals surface area contributed by atoms with Crippen LogP contribution in [0.4, 0.5) is 5.69 Å². The monoisotopic (exact) mass is 467 g/mol. The highest BCUT2D eigenvalue weighted by Crippen LogP contribution is 2.30. The van der Waals surface area contributed by atoms with E-state index in [4.69, 9.17) is 18.9 Å². The highest BCUT2D eigenvalue weighted by atomic mass is 16.6. The summed E-state index contributed by atoms with van der Waals surface area (Å²) in [4.78, 5) is 36.8. The van der Waals surface area contributed by atoms with E-state index in [0.717, 1.165) is 0 Å². The van der Waals surface area contributed by atoms with E-state index in [1.807, 2.05) is 6.07 Å². The van der Waals surface area contributed by atoms with Crippen LogP contribution in [-0.2, 0) is 14.3 Å². The average molecular weight is 467 g/mol. The summed E-state index contributed by atoms with van der Waals surface area (Å²) in [6.45, 7) is 1.08. The Morgan fingerprint density at radius 3 is 2.59 bits per heavy atom. The normalized spacial score (nSPS) is 13.5. The van der Waals surface area contributed by atoms with Gasteiger partial charge in [-0.2, -0.15) is 5.26 Å². The lowest BCUT2D eigenvalue weighted by Crippen LogP contribution is -2.41. The molecule has 1 aliphatic rings. The van der Waals surface area contributed by atoms with Crippen LogP contribution in [0.2, 0.25) is 0 Å². The number of nitro groups is 1. The smallest absolute Gasteiger partial charge is 0.349 e. The molecule has 176 valence electrons. The van der Waals surface area contributed by atoms with E-state index in [0.29, 0.717) is 31.9 Å². The van der Waals surface area contributed by atoms with Gasteiger partial charge >= 0.3 is 11.7 Å². The summed E-state index contributed by atoms with van der Waals surface area (Å²) in [6, 6.07) is 12.1. The zero-order chi connectivity index (χ0) is 24.5. The van der Waals surface area contributed by atoms with Gasteiger partial charge in [0.1, 0.15) is 11.6 Å². The van der Waals surface area contributed by atoms with E-state index >= 15 is 0 Å². The van der Waals surface area contributed by atoms with Crippen molar-refractivity contribution in [2.45, 2.75) is 0 Å². The van der Waals surface area contributed by atoms with Crippen molar-refractivity contribution < 1.29 is 33.5 Å². The van der Waals surface area contributed by atoms with Gasteiger partial charge in [0.2, 0.25) is 0 Å². The molecule has 11 heteroatoms. The number of para-hydroxylation sites is 2.